The van der Waals surface area contributed by atoms with Crippen LogP contribution in [-0.4, -0.2) is 108 Å². The number of piperidine rings is 2. The SMILES string of the molecule is C=C(C)C1CCC(C)=CC1c1c(O)cc(CCCCC)cc1OC(=O)OCC(C(=O)OC1CC2CCC(C1)N2C)c1ccccc1.CCCCCc1cc(OC(=O)OCC(C(=O)OC2CC3CCC(C2)N3C)c2ccccc2)c2c(c1)OC(C)(C)C1CCC(C)=CC21. The van der Waals surface area contributed by atoms with Crippen molar-refractivity contribution in [3.05, 3.63) is 154 Å². The van der Waals surface area contributed by atoms with Crippen molar-refractivity contribution >= 4 is 24.2 Å². The van der Waals surface area contributed by atoms with Gasteiger partial charge in [0.25, 0.3) is 0 Å². The normalized spacial score (nSPS) is 26.0. The number of hydrogen-bond acceptors (Lipinski definition) is 14. The molecule has 14 nitrogen and oxygen atoms in total. The van der Waals surface area contributed by atoms with Gasteiger partial charge in [0.1, 0.15) is 65.9 Å². The monoisotopic (exact) mass is 1260 g/mol. The van der Waals surface area contributed by atoms with Gasteiger partial charge in [-0.05, 0) is 204 Å². The lowest BCUT2D eigenvalue weighted by Crippen LogP contribution is -2.45. The number of hydrogen-bond donors (Lipinski definition) is 1. The van der Waals surface area contributed by atoms with Gasteiger partial charge in [-0.2, -0.15) is 0 Å². The maximum absolute atomic E-state index is 13.6. The highest BCUT2D eigenvalue weighted by Crippen LogP contribution is 2.54. The first kappa shape index (κ1) is 68.0. The fraction of sp³-hybridized carbons (Fsp3) is 0.564. The van der Waals surface area contributed by atoms with E-state index >= 15 is 0 Å². The molecular formula is C78H102N2O12. The number of phenols is 1. The predicted molar refractivity (Wildman–Crippen MR) is 359 cm³/mol. The van der Waals surface area contributed by atoms with E-state index in [0.29, 0.717) is 41.2 Å². The van der Waals surface area contributed by atoms with Crippen LogP contribution in [0, 0.1) is 11.8 Å². The molecule has 5 aliphatic heterocycles. The van der Waals surface area contributed by atoms with E-state index in [2.05, 4.69) is 90.2 Å². The molecule has 10 atom stereocenters. The summed E-state index contributed by atoms with van der Waals surface area (Å²) in [5.41, 5.74) is 8.19. The third-order valence-electron chi connectivity index (χ3n) is 21.3. The van der Waals surface area contributed by atoms with Gasteiger partial charge in [-0.3, -0.25) is 9.59 Å². The van der Waals surface area contributed by atoms with E-state index in [1.54, 1.807) is 6.07 Å². The quantitative estimate of drug-likeness (QED) is 0.0260. The number of phenolic OH excluding ortho intramolecular Hbond substituents is 1. The molecule has 11 rings (SSSR count). The molecule has 2 aliphatic carbocycles. The summed E-state index contributed by atoms with van der Waals surface area (Å²) in [4.78, 5) is 58.9. The number of benzene rings is 4. The van der Waals surface area contributed by atoms with Gasteiger partial charge in [-0.25, -0.2) is 9.59 Å². The van der Waals surface area contributed by atoms with Gasteiger partial charge in [-0.15, -0.1) is 0 Å². The number of carbonyl (C=O) groups is 4. The summed E-state index contributed by atoms with van der Waals surface area (Å²) in [6, 6.07) is 28.3. The zero-order valence-corrected chi connectivity index (χ0v) is 56.3. The second-order valence-electron chi connectivity index (χ2n) is 28.3. The number of rotatable bonds is 22. The van der Waals surface area contributed by atoms with E-state index < -0.39 is 30.1 Å². The Morgan fingerprint density at radius 2 is 1.05 bits per heavy atom. The van der Waals surface area contributed by atoms with Crippen molar-refractivity contribution in [1.82, 2.24) is 9.80 Å². The molecular weight excluding hydrogens is 1160 g/mol. The highest BCUT2D eigenvalue weighted by atomic mass is 16.7. The molecule has 0 spiro atoms. The average molecular weight is 1260 g/mol. The topological polar surface area (TPSA) is 160 Å². The number of aryl methyl sites for hydroxylation is 2. The van der Waals surface area contributed by atoms with Crippen LogP contribution < -0.4 is 14.2 Å². The molecule has 0 radical (unpaired) electrons. The van der Waals surface area contributed by atoms with Crippen LogP contribution in [0.15, 0.2) is 120 Å². The Balaban J connectivity index is 0.000000202. The molecule has 0 saturated carbocycles. The minimum absolute atomic E-state index is 0.0804. The van der Waals surface area contributed by atoms with Crippen molar-refractivity contribution in [1.29, 1.82) is 0 Å². The fourth-order valence-corrected chi connectivity index (χ4v) is 16.0. The van der Waals surface area contributed by atoms with E-state index in [9.17, 15) is 24.3 Å². The van der Waals surface area contributed by atoms with E-state index in [1.807, 2.05) is 79.7 Å². The molecule has 496 valence electrons. The molecule has 4 aromatic carbocycles. The summed E-state index contributed by atoms with van der Waals surface area (Å²) >= 11 is 0. The molecule has 0 amide bonds. The Hall–Kier alpha value is -6.90. The predicted octanol–water partition coefficient (Wildman–Crippen LogP) is 17.1. The van der Waals surface area contributed by atoms with Gasteiger partial charge >= 0.3 is 24.2 Å². The smallest absolute Gasteiger partial charge is 0.507 e. The molecule has 92 heavy (non-hydrogen) atoms. The Labute approximate surface area is 547 Å². The Kier molecular flexibility index (Phi) is 22.8. The van der Waals surface area contributed by atoms with Crippen LogP contribution >= 0.6 is 0 Å². The third-order valence-corrected chi connectivity index (χ3v) is 21.3. The van der Waals surface area contributed by atoms with Crippen LogP contribution in [0.2, 0.25) is 0 Å². The first-order valence-electron chi connectivity index (χ1n) is 34.6. The Morgan fingerprint density at radius 3 is 1.52 bits per heavy atom. The van der Waals surface area contributed by atoms with Crippen molar-refractivity contribution < 1.29 is 57.4 Å². The van der Waals surface area contributed by atoms with Crippen molar-refractivity contribution in [2.75, 3.05) is 27.3 Å². The minimum Gasteiger partial charge on any atom is -0.507 e. The first-order valence-corrected chi connectivity index (χ1v) is 34.6. The zero-order valence-electron chi connectivity index (χ0n) is 56.3. The van der Waals surface area contributed by atoms with E-state index in [1.165, 1.54) is 11.1 Å². The Bertz CT molecular complexity index is 3250. The minimum atomic E-state index is -0.916. The van der Waals surface area contributed by atoms with Crippen LogP contribution in [-0.2, 0) is 41.4 Å². The second-order valence-corrected chi connectivity index (χ2v) is 28.3. The van der Waals surface area contributed by atoms with E-state index in [4.69, 9.17) is 33.2 Å². The van der Waals surface area contributed by atoms with E-state index in [0.717, 1.165) is 168 Å². The van der Waals surface area contributed by atoms with Gasteiger partial charge in [0, 0.05) is 53.0 Å². The van der Waals surface area contributed by atoms with Gasteiger partial charge in [-0.1, -0.05) is 136 Å². The molecule has 4 aromatic rings. The number of nitrogens with zero attached hydrogens (tertiary/aromatic N) is 2. The zero-order chi connectivity index (χ0) is 65.2. The molecule has 0 aromatic heterocycles. The number of carbonyl (C=O) groups excluding carboxylic acids is 4. The molecule has 4 fully saturated rings. The van der Waals surface area contributed by atoms with Crippen LogP contribution in [0.25, 0.3) is 0 Å². The highest BCUT2D eigenvalue weighted by molar-refractivity contribution is 5.80. The molecule has 10 unspecified atom stereocenters. The second kappa shape index (κ2) is 30.9. The summed E-state index contributed by atoms with van der Waals surface area (Å²) in [6.45, 7) is 18.8. The summed E-state index contributed by atoms with van der Waals surface area (Å²) < 4.78 is 42.2. The molecule has 1 N–H and O–H groups in total. The highest BCUT2D eigenvalue weighted by Gasteiger charge is 2.47. The molecule has 5 heterocycles. The molecule has 4 saturated heterocycles. The number of esters is 2. The fourth-order valence-electron chi connectivity index (χ4n) is 16.0. The summed E-state index contributed by atoms with van der Waals surface area (Å²) in [7, 11) is 4.33. The van der Waals surface area contributed by atoms with Crippen molar-refractivity contribution in [3.63, 3.8) is 0 Å². The first-order chi connectivity index (χ1) is 44.3. The van der Waals surface area contributed by atoms with Crippen LogP contribution in [0.3, 0.4) is 0 Å². The van der Waals surface area contributed by atoms with Gasteiger partial charge in [0.05, 0.1) is 0 Å². The van der Waals surface area contributed by atoms with Crippen LogP contribution in [0.5, 0.6) is 23.0 Å². The lowest BCUT2D eigenvalue weighted by molar-refractivity contribution is -0.156. The number of allylic oxidation sites excluding steroid dienone is 5. The molecule has 14 heteroatoms. The van der Waals surface area contributed by atoms with Crippen molar-refractivity contribution in [3.8, 4) is 23.0 Å². The van der Waals surface area contributed by atoms with Crippen molar-refractivity contribution in [2.24, 2.45) is 11.8 Å². The van der Waals surface area contributed by atoms with E-state index in [-0.39, 0.29) is 66.4 Å². The molecule has 7 aliphatic rings. The Morgan fingerprint density at radius 1 is 0.609 bits per heavy atom. The lowest BCUT2D eigenvalue weighted by atomic mass is 9.68. The summed E-state index contributed by atoms with van der Waals surface area (Å²) in [5.74, 6) is -0.331. The van der Waals surface area contributed by atoms with Gasteiger partial charge < -0.3 is 48.1 Å². The summed E-state index contributed by atoms with van der Waals surface area (Å²) in [6.07, 6.45) is 22.3. The number of aromatic hydroxyl groups is 1. The van der Waals surface area contributed by atoms with Gasteiger partial charge in [0.15, 0.2) is 0 Å². The number of ether oxygens (including phenoxy) is 7. The summed E-state index contributed by atoms with van der Waals surface area (Å²) in [5, 5.41) is 11.4. The van der Waals surface area contributed by atoms with Crippen LogP contribution in [0.1, 0.15) is 221 Å². The largest absolute Gasteiger partial charge is 0.513 e. The number of unbranched alkanes of at least 4 members (excludes halogenated alkanes) is 4. The van der Waals surface area contributed by atoms with Crippen LogP contribution in [0.4, 0.5) is 9.59 Å². The lowest BCUT2D eigenvalue weighted by Gasteiger charge is -2.46. The maximum Gasteiger partial charge on any atom is 0.513 e. The standard InChI is InChI=1S/2C39H51NO6/c1-6-7-9-12-26-20-34(36-31-19-25(2)15-18-33(31)39(3,4)46-35(36)21-26)45-38(42)43-24-32(27-13-10-8-11-14-27)37(41)44-30-22-28-16-17-29(23-30)40(28)5;1-6-7-9-12-27-20-35(41)37(33-19-26(4)15-18-32(33)25(2)3)36(21-27)46-39(43)44-24-34(28-13-10-8-11-14-28)38(42)45-31-22-29-16-17-30(23-31)40(29)5/h8,10-11,13-14,19-21,28-33H,6-7,9,12,15-18,22-24H2,1-5H3;8,10-11,13-14,19-21,29-34,41H,2,6-7,9,12,15-18,22-24H2,1,3-5H3. The van der Waals surface area contributed by atoms with Gasteiger partial charge in [0.2, 0.25) is 0 Å². The van der Waals surface area contributed by atoms with Crippen molar-refractivity contribution in [2.45, 2.75) is 243 Å². The number of fused-ring (bicyclic) bond motifs is 7. The average Bonchev–Trinajstić information content (AvgIpc) is 1.06. The maximum atomic E-state index is 13.6. The molecule has 4 bridgehead atoms. The third kappa shape index (κ3) is 16.5.